The standard InChI is InChI=1S/C46H34N4/c1-2-14-46-47-40-21-7-12-26-45(40)50(46)33-16-13-15-31(27-33)32-28-34(48-41-22-8-3-17-36(41)37-18-4-9-23-42(37)48)30-35(29-32)49-43-24-10-5-19-38(43)39-20-6-11-25-44(39)49/h3-13,15-30H,2,14H2,1H3. The number of nitrogens with zero attached hydrogens (tertiary/aromatic N) is 4. The zero-order valence-corrected chi connectivity index (χ0v) is 27.8. The molecule has 0 fully saturated rings. The Balaban J connectivity index is 1.27. The van der Waals surface area contributed by atoms with E-state index in [4.69, 9.17) is 4.98 Å². The van der Waals surface area contributed by atoms with Crippen molar-refractivity contribution in [1.82, 2.24) is 18.7 Å². The molecular weight excluding hydrogens is 609 g/mol. The molecule has 238 valence electrons. The molecule has 0 bridgehead atoms. The fourth-order valence-corrected chi connectivity index (χ4v) is 8.00. The van der Waals surface area contributed by atoms with Gasteiger partial charge in [0, 0.05) is 45.0 Å². The van der Waals surface area contributed by atoms with Crippen LogP contribution in [-0.2, 0) is 6.42 Å². The second-order valence-corrected chi connectivity index (χ2v) is 13.1. The Kier molecular flexibility index (Phi) is 6.50. The summed E-state index contributed by atoms with van der Waals surface area (Å²) in [5.41, 5.74) is 12.6. The molecule has 50 heavy (non-hydrogen) atoms. The molecule has 4 heteroatoms. The average molecular weight is 643 g/mol. The van der Waals surface area contributed by atoms with Crippen molar-refractivity contribution in [2.24, 2.45) is 0 Å². The first-order valence-corrected chi connectivity index (χ1v) is 17.5. The van der Waals surface area contributed by atoms with Crippen LogP contribution in [0.25, 0.3) is 82.8 Å². The highest BCUT2D eigenvalue weighted by Crippen LogP contribution is 2.38. The van der Waals surface area contributed by atoms with E-state index in [1.807, 2.05) is 0 Å². The van der Waals surface area contributed by atoms with Gasteiger partial charge in [-0.1, -0.05) is 104 Å². The molecule has 0 aliphatic heterocycles. The van der Waals surface area contributed by atoms with E-state index in [0.717, 1.165) is 57.9 Å². The second kappa shape index (κ2) is 11.4. The van der Waals surface area contributed by atoms with E-state index in [1.54, 1.807) is 0 Å². The van der Waals surface area contributed by atoms with Crippen molar-refractivity contribution in [3.05, 3.63) is 170 Å². The van der Waals surface area contributed by atoms with Gasteiger partial charge in [-0.25, -0.2) is 4.98 Å². The van der Waals surface area contributed by atoms with Gasteiger partial charge in [0.15, 0.2) is 0 Å². The minimum atomic E-state index is 0.917. The lowest BCUT2D eigenvalue weighted by atomic mass is 10.0. The molecule has 0 saturated carbocycles. The van der Waals surface area contributed by atoms with Gasteiger partial charge < -0.3 is 9.13 Å². The molecule has 3 heterocycles. The van der Waals surface area contributed by atoms with Crippen molar-refractivity contribution < 1.29 is 0 Å². The number of aryl methyl sites for hydroxylation is 1. The van der Waals surface area contributed by atoms with E-state index in [2.05, 4.69) is 184 Å². The third kappa shape index (κ3) is 4.35. The number of hydrogen-bond acceptors (Lipinski definition) is 1. The molecule has 10 rings (SSSR count). The lowest BCUT2D eigenvalue weighted by molar-refractivity contribution is 0.818. The van der Waals surface area contributed by atoms with Gasteiger partial charge in [0.2, 0.25) is 0 Å². The summed E-state index contributed by atoms with van der Waals surface area (Å²) in [6.07, 6.45) is 1.95. The highest BCUT2D eigenvalue weighted by molar-refractivity contribution is 6.10. The van der Waals surface area contributed by atoms with Crippen LogP contribution in [0.1, 0.15) is 19.2 Å². The van der Waals surface area contributed by atoms with E-state index < -0.39 is 0 Å². The Bertz CT molecular complexity index is 2660. The first-order valence-electron chi connectivity index (χ1n) is 17.5. The van der Waals surface area contributed by atoms with E-state index in [1.165, 1.54) is 43.6 Å². The number of para-hydroxylation sites is 6. The fourth-order valence-electron chi connectivity index (χ4n) is 8.00. The van der Waals surface area contributed by atoms with E-state index in [-0.39, 0.29) is 0 Å². The predicted octanol–water partition coefficient (Wildman–Crippen LogP) is 11.8. The van der Waals surface area contributed by atoms with Crippen molar-refractivity contribution in [2.45, 2.75) is 19.8 Å². The number of rotatable bonds is 6. The van der Waals surface area contributed by atoms with E-state index >= 15 is 0 Å². The Hall–Kier alpha value is -6.39. The zero-order valence-electron chi connectivity index (χ0n) is 27.8. The number of benzene rings is 7. The zero-order chi connectivity index (χ0) is 33.2. The summed E-state index contributed by atoms with van der Waals surface area (Å²) in [5.74, 6) is 1.09. The number of aromatic nitrogens is 4. The van der Waals surface area contributed by atoms with E-state index in [9.17, 15) is 0 Å². The first kappa shape index (κ1) is 28.6. The lowest BCUT2D eigenvalue weighted by Gasteiger charge is -2.17. The summed E-state index contributed by atoms with van der Waals surface area (Å²) < 4.78 is 7.20. The molecule has 0 unspecified atom stereocenters. The smallest absolute Gasteiger partial charge is 0.114 e. The van der Waals surface area contributed by atoms with Crippen LogP contribution in [0.5, 0.6) is 0 Å². The third-order valence-electron chi connectivity index (χ3n) is 10.1. The summed E-state index contributed by atoms with van der Waals surface area (Å²) in [6, 6.07) is 59.5. The summed E-state index contributed by atoms with van der Waals surface area (Å²) >= 11 is 0. The molecule has 0 spiro atoms. The molecule has 3 aromatic heterocycles. The molecule has 10 aromatic rings. The van der Waals surface area contributed by atoms with Gasteiger partial charge in [-0.05, 0) is 84.3 Å². The van der Waals surface area contributed by atoms with Gasteiger partial charge in [0.25, 0.3) is 0 Å². The van der Waals surface area contributed by atoms with Crippen LogP contribution in [-0.4, -0.2) is 18.7 Å². The lowest BCUT2D eigenvalue weighted by Crippen LogP contribution is -2.02. The molecule has 7 aromatic carbocycles. The van der Waals surface area contributed by atoms with Crippen molar-refractivity contribution in [1.29, 1.82) is 0 Å². The molecule has 0 saturated heterocycles. The SMILES string of the molecule is CCCc1nc2ccccc2n1-c1cccc(-c2cc(-n3c4ccccc4c4ccccc43)cc(-n3c4ccccc4c4ccccc43)c2)c1. The van der Waals surface area contributed by atoms with Crippen LogP contribution in [0.15, 0.2) is 164 Å². The van der Waals surface area contributed by atoms with Crippen LogP contribution in [0.4, 0.5) is 0 Å². The van der Waals surface area contributed by atoms with Crippen LogP contribution < -0.4 is 0 Å². The summed E-state index contributed by atoms with van der Waals surface area (Å²) in [4.78, 5) is 5.05. The van der Waals surface area contributed by atoms with Crippen molar-refractivity contribution >= 4 is 54.6 Å². The maximum Gasteiger partial charge on any atom is 0.114 e. The Morgan fingerprint density at radius 2 is 0.860 bits per heavy atom. The second-order valence-electron chi connectivity index (χ2n) is 13.1. The molecule has 4 nitrogen and oxygen atoms in total. The molecule has 0 aliphatic carbocycles. The molecule has 0 aliphatic rings. The van der Waals surface area contributed by atoms with Gasteiger partial charge in [-0.3, -0.25) is 4.57 Å². The third-order valence-corrected chi connectivity index (χ3v) is 10.1. The minimum Gasteiger partial charge on any atom is -0.309 e. The van der Waals surface area contributed by atoms with Gasteiger partial charge in [-0.15, -0.1) is 0 Å². The highest BCUT2D eigenvalue weighted by Gasteiger charge is 2.18. The van der Waals surface area contributed by atoms with Gasteiger partial charge in [-0.2, -0.15) is 0 Å². The molecular formula is C46H34N4. The molecule has 0 radical (unpaired) electrons. The highest BCUT2D eigenvalue weighted by atomic mass is 15.1. The number of hydrogen-bond donors (Lipinski definition) is 0. The Labute approximate surface area is 290 Å². The Morgan fingerprint density at radius 1 is 0.400 bits per heavy atom. The van der Waals surface area contributed by atoms with Gasteiger partial charge in [0.05, 0.1) is 33.1 Å². The average Bonchev–Trinajstić information content (AvgIpc) is 3.82. The van der Waals surface area contributed by atoms with Gasteiger partial charge in [0.1, 0.15) is 5.82 Å². The molecule has 0 N–H and O–H groups in total. The quantitative estimate of drug-likeness (QED) is 0.177. The fraction of sp³-hybridized carbons (Fsp3) is 0.0652. The van der Waals surface area contributed by atoms with Crippen LogP contribution in [0, 0.1) is 0 Å². The van der Waals surface area contributed by atoms with Crippen LogP contribution in [0.2, 0.25) is 0 Å². The van der Waals surface area contributed by atoms with Crippen molar-refractivity contribution in [3.63, 3.8) is 0 Å². The molecule has 0 atom stereocenters. The summed E-state index contributed by atoms with van der Waals surface area (Å²) in [6.45, 7) is 2.22. The maximum atomic E-state index is 5.05. The van der Waals surface area contributed by atoms with Crippen LogP contribution >= 0.6 is 0 Å². The normalized spacial score (nSPS) is 11.9. The van der Waals surface area contributed by atoms with Crippen molar-refractivity contribution in [2.75, 3.05) is 0 Å². The largest absolute Gasteiger partial charge is 0.309 e. The maximum absolute atomic E-state index is 5.05. The number of imidazole rings is 1. The minimum absolute atomic E-state index is 0.917. The van der Waals surface area contributed by atoms with Crippen molar-refractivity contribution in [3.8, 4) is 28.2 Å². The summed E-state index contributed by atoms with van der Waals surface area (Å²) in [5, 5.41) is 5.02. The van der Waals surface area contributed by atoms with Crippen LogP contribution in [0.3, 0.4) is 0 Å². The topological polar surface area (TPSA) is 27.7 Å². The van der Waals surface area contributed by atoms with Gasteiger partial charge >= 0.3 is 0 Å². The first-order chi connectivity index (χ1) is 24.8. The molecule has 0 amide bonds. The summed E-state index contributed by atoms with van der Waals surface area (Å²) in [7, 11) is 0. The predicted molar refractivity (Wildman–Crippen MR) is 209 cm³/mol. The number of fused-ring (bicyclic) bond motifs is 7. The monoisotopic (exact) mass is 642 g/mol. The Morgan fingerprint density at radius 3 is 1.38 bits per heavy atom. The van der Waals surface area contributed by atoms with E-state index in [0.29, 0.717) is 0 Å².